The second-order valence-corrected chi connectivity index (χ2v) is 5.21. The van der Waals surface area contributed by atoms with Crippen molar-refractivity contribution in [3.05, 3.63) is 28.2 Å². The van der Waals surface area contributed by atoms with E-state index in [1.165, 1.54) is 11.8 Å². The lowest BCUT2D eigenvalue weighted by Crippen LogP contribution is -2.01. The van der Waals surface area contributed by atoms with E-state index in [0.717, 1.165) is 15.6 Å². The summed E-state index contributed by atoms with van der Waals surface area (Å²) in [7, 11) is 0. The number of nitrogens with two attached hydrogens (primary N) is 1. The van der Waals surface area contributed by atoms with E-state index in [1.807, 2.05) is 31.4 Å². The lowest BCUT2D eigenvalue weighted by atomic mass is 10.1. The molecular weight excluding hydrogens is 300 g/mol. The van der Waals surface area contributed by atoms with E-state index < -0.39 is 0 Å². The molecule has 0 radical (unpaired) electrons. The fourth-order valence-corrected chi connectivity index (χ4v) is 2.43. The van der Waals surface area contributed by atoms with Gasteiger partial charge in [-0.05, 0) is 36.9 Å². The Morgan fingerprint density at radius 1 is 1.18 bits per heavy atom. The number of hydrogen-bond donors (Lipinski definition) is 1. The Morgan fingerprint density at radius 3 is 2.59 bits per heavy atom. The number of thioether (sulfide) groups is 1. The summed E-state index contributed by atoms with van der Waals surface area (Å²) >= 11 is 4.90. The fourth-order valence-electron chi connectivity index (χ4n) is 1.46. The van der Waals surface area contributed by atoms with Crippen LogP contribution in [-0.2, 0) is 0 Å². The molecule has 17 heavy (non-hydrogen) atoms. The lowest BCUT2D eigenvalue weighted by molar-refractivity contribution is 0.927. The van der Waals surface area contributed by atoms with Gasteiger partial charge in [-0.1, -0.05) is 27.7 Å². The summed E-state index contributed by atoms with van der Waals surface area (Å²) in [6.45, 7) is 2.02. The molecule has 0 aliphatic carbocycles. The van der Waals surface area contributed by atoms with E-state index in [1.54, 1.807) is 0 Å². The summed E-state index contributed by atoms with van der Waals surface area (Å²) < 4.78 is 0.997. The topological polar surface area (TPSA) is 64.7 Å². The predicted octanol–water partition coefficient (Wildman–Crippen LogP) is 2.91. The van der Waals surface area contributed by atoms with Gasteiger partial charge in [0.05, 0.1) is 0 Å². The first-order valence-corrected chi connectivity index (χ1v) is 6.93. The Morgan fingerprint density at radius 2 is 1.94 bits per heavy atom. The number of aryl methyl sites for hydroxylation is 1. The molecule has 4 nitrogen and oxygen atoms in total. The highest BCUT2D eigenvalue weighted by atomic mass is 79.9. The van der Waals surface area contributed by atoms with E-state index >= 15 is 0 Å². The molecule has 1 heterocycles. The summed E-state index contributed by atoms with van der Waals surface area (Å²) in [5.41, 5.74) is 7.73. The van der Waals surface area contributed by atoms with Gasteiger partial charge in [0.15, 0.2) is 11.0 Å². The van der Waals surface area contributed by atoms with Crippen molar-refractivity contribution in [1.82, 2.24) is 15.0 Å². The summed E-state index contributed by atoms with van der Waals surface area (Å²) in [5.74, 6) is 0.850. The number of anilines is 1. The largest absolute Gasteiger partial charge is 0.368 e. The monoisotopic (exact) mass is 310 g/mol. The van der Waals surface area contributed by atoms with Crippen LogP contribution >= 0.6 is 27.7 Å². The van der Waals surface area contributed by atoms with Crippen LogP contribution in [0.15, 0.2) is 27.8 Å². The molecule has 0 bridgehead atoms. The van der Waals surface area contributed by atoms with Crippen LogP contribution in [0.4, 0.5) is 5.95 Å². The zero-order chi connectivity index (χ0) is 12.4. The number of nitrogen functional groups attached to an aromatic ring is 1. The molecule has 0 aliphatic heterocycles. The minimum atomic E-state index is 0.247. The SMILES string of the molecule is CSc1nc(N)nc(-c2cc(C)cc(Br)c2)n1. The standard InChI is InChI=1S/C11H11BrN4S/c1-6-3-7(5-8(12)4-6)9-14-10(13)16-11(15-9)17-2/h3-5H,1-2H3,(H2,13,14,15,16). The first-order chi connectivity index (χ1) is 8.08. The molecule has 0 atom stereocenters. The molecule has 2 N–H and O–H groups in total. The van der Waals surface area contributed by atoms with Gasteiger partial charge in [0.2, 0.25) is 5.95 Å². The van der Waals surface area contributed by atoms with Gasteiger partial charge in [-0.3, -0.25) is 0 Å². The van der Waals surface area contributed by atoms with Gasteiger partial charge in [-0.15, -0.1) is 0 Å². The summed E-state index contributed by atoms with van der Waals surface area (Å²) in [6.07, 6.45) is 1.91. The fraction of sp³-hybridized carbons (Fsp3) is 0.182. The smallest absolute Gasteiger partial charge is 0.224 e. The number of benzene rings is 1. The molecular formula is C11H11BrN4S. The highest BCUT2D eigenvalue weighted by molar-refractivity contribution is 9.10. The van der Waals surface area contributed by atoms with Crippen LogP contribution in [0.5, 0.6) is 0 Å². The molecule has 0 aliphatic rings. The Bertz CT molecular complexity index is 539. The molecule has 88 valence electrons. The molecule has 0 spiro atoms. The lowest BCUT2D eigenvalue weighted by Gasteiger charge is -2.05. The third kappa shape index (κ3) is 2.95. The van der Waals surface area contributed by atoms with Gasteiger partial charge in [-0.2, -0.15) is 9.97 Å². The van der Waals surface area contributed by atoms with Crippen LogP contribution in [0.25, 0.3) is 11.4 Å². The third-order valence-corrected chi connectivity index (χ3v) is 3.12. The summed E-state index contributed by atoms with van der Waals surface area (Å²) in [5, 5.41) is 0.630. The van der Waals surface area contributed by atoms with Crippen molar-refractivity contribution in [2.45, 2.75) is 12.1 Å². The molecule has 6 heteroatoms. The number of rotatable bonds is 2. The minimum Gasteiger partial charge on any atom is -0.368 e. The molecule has 0 fully saturated rings. The number of hydrogen-bond acceptors (Lipinski definition) is 5. The van der Waals surface area contributed by atoms with Crippen LogP contribution in [-0.4, -0.2) is 21.2 Å². The highest BCUT2D eigenvalue weighted by Crippen LogP contribution is 2.23. The molecule has 0 saturated carbocycles. The van der Waals surface area contributed by atoms with Crippen molar-refractivity contribution in [3.63, 3.8) is 0 Å². The number of aromatic nitrogens is 3. The highest BCUT2D eigenvalue weighted by Gasteiger charge is 2.07. The molecule has 0 amide bonds. The Kier molecular flexibility index (Phi) is 3.63. The van der Waals surface area contributed by atoms with Gasteiger partial charge in [-0.25, -0.2) is 4.98 Å². The number of nitrogens with zero attached hydrogens (tertiary/aromatic N) is 3. The van der Waals surface area contributed by atoms with Gasteiger partial charge in [0, 0.05) is 10.0 Å². The van der Waals surface area contributed by atoms with Gasteiger partial charge in [0.1, 0.15) is 0 Å². The van der Waals surface area contributed by atoms with Gasteiger partial charge in [0.25, 0.3) is 0 Å². The van der Waals surface area contributed by atoms with Crippen molar-refractivity contribution in [1.29, 1.82) is 0 Å². The van der Waals surface area contributed by atoms with Crippen LogP contribution in [0.3, 0.4) is 0 Å². The van der Waals surface area contributed by atoms with Crippen molar-refractivity contribution in [3.8, 4) is 11.4 Å². The second kappa shape index (κ2) is 5.01. The van der Waals surface area contributed by atoms with Crippen molar-refractivity contribution in [2.75, 3.05) is 12.0 Å². The molecule has 1 aromatic heterocycles. The van der Waals surface area contributed by atoms with E-state index in [2.05, 4.69) is 30.9 Å². The Labute approximate surface area is 112 Å². The Balaban J connectivity index is 2.55. The van der Waals surface area contributed by atoms with Gasteiger partial charge >= 0.3 is 0 Å². The minimum absolute atomic E-state index is 0.247. The normalized spacial score (nSPS) is 10.5. The zero-order valence-corrected chi connectivity index (χ0v) is 11.8. The maximum atomic E-state index is 5.66. The average molecular weight is 311 g/mol. The third-order valence-electron chi connectivity index (χ3n) is 2.12. The second-order valence-electron chi connectivity index (χ2n) is 3.52. The maximum Gasteiger partial charge on any atom is 0.224 e. The molecule has 0 unspecified atom stereocenters. The van der Waals surface area contributed by atoms with Crippen LogP contribution in [0.1, 0.15) is 5.56 Å². The Hall–Kier alpha value is -1.14. The van der Waals surface area contributed by atoms with Gasteiger partial charge < -0.3 is 5.73 Å². The van der Waals surface area contributed by atoms with E-state index in [4.69, 9.17) is 5.73 Å². The van der Waals surface area contributed by atoms with Crippen LogP contribution in [0, 0.1) is 6.92 Å². The van der Waals surface area contributed by atoms with E-state index in [0.29, 0.717) is 11.0 Å². The van der Waals surface area contributed by atoms with Crippen LogP contribution in [0.2, 0.25) is 0 Å². The average Bonchev–Trinajstić information content (AvgIpc) is 2.26. The molecule has 2 rings (SSSR count). The van der Waals surface area contributed by atoms with Crippen LogP contribution < -0.4 is 5.73 Å². The number of halogens is 1. The first kappa shape index (κ1) is 12.3. The van der Waals surface area contributed by atoms with Crippen molar-refractivity contribution in [2.24, 2.45) is 0 Å². The first-order valence-electron chi connectivity index (χ1n) is 4.91. The molecule has 1 aromatic carbocycles. The molecule has 0 saturated heterocycles. The maximum absolute atomic E-state index is 5.66. The van der Waals surface area contributed by atoms with Crippen molar-refractivity contribution >= 4 is 33.6 Å². The zero-order valence-electron chi connectivity index (χ0n) is 9.44. The van der Waals surface area contributed by atoms with E-state index in [-0.39, 0.29) is 5.95 Å². The van der Waals surface area contributed by atoms with E-state index in [9.17, 15) is 0 Å². The quantitative estimate of drug-likeness (QED) is 0.864. The summed E-state index contributed by atoms with van der Waals surface area (Å²) in [4.78, 5) is 12.5. The van der Waals surface area contributed by atoms with Crippen molar-refractivity contribution < 1.29 is 0 Å². The predicted molar refractivity (Wildman–Crippen MR) is 73.9 cm³/mol. The summed E-state index contributed by atoms with van der Waals surface area (Å²) in [6, 6.07) is 6.01. The molecule has 2 aromatic rings.